The summed E-state index contributed by atoms with van der Waals surface area (Å²) in [5.41, 5.74) is 2.05. The summed E-state index contributed by atoms with van der Waals surface area (Å²) in [6.45, 7) is 3.90. The number of fused-ring (bicyclic) bond motifs is 1. The van der Waals surface area contributed by atoms with Gasteiger partial charge in [-0.25, -0.2) is 0 Å². The van der Waals surface area contributed by atoms with E-state index in [1.807, 2.05) is 30.5 Å². The highest BCUT2D eigenvalue weighted by Crippen LogP contribution is 2.24. The van der Waals surface area contributed by atoms with Gasteiger partial charge in [-0.1, -0.05) is 24.4 Å². The molecule has 1 aromatic heterocycles. The second-order valence-corrected chi connectivity index (χ2v) is 7.27. The van der Waals surface area contributed by atoms with Crippen molar-refractivity contribution in [2.75, 3.05) is 43.3 Å². The van der Waals surface area contributed by atoms with Crippen LogP contribution in [0.25, 0.3) is 10.9 Å². The van der Waals surface area contributed by atoms with Crippen molar-refractivity contribution in [1.29, 1.82) is 0 Å². The molecular weight excluding hydrogens is 412 g/mol. The summed E-state index contributed by atoms with van der Waals surface area (Å²) in [4.78, 5) is 6.71. The second-order valence-electron chi connectivity index (χ2n) is 6.08. The molecule has 0 amide bonds. The van der Waals surface area contributed by atoms with Gasteiger partial charge in [-0.2, -0.15) is 0 Å². The number of rotatable bonds is 12. The number of pyridine rings is 1. The summed E-state index contributed by atoms with van der Waals surface area (Å²) < 4.78 is 0. The molecule has 2 rings (SSSR count). The van der Waals surface area contributed by atoms with Crippen LogP contribution in [0.4, 0.5) is 5.69 Å². The van der Waals surface area contributed by atoms with Crippen molar-refractivity contribution in [3.8, 4) is 0 Å². The number of hydrogen-bond donors (Lipinski definition) is 1. The lowest BCUT2D eigenvalue weighted by Crippen LogP contribution is -2.28. The van der Waals surface area contributed by atoms with Gasteiger partial charge in [0.25, 0.3) is 0 Å². The highest BCUT2D eigenvalue weighted by molar-refractivity contribution is 6.31. The van der Waals surface area contributed by atoms with Crippen molar-refractivity contribution >= 4 is 63.8 Å². The molecular formula is C19H27Cl4N3. The van der Waals surface area contributed by atoms with E-state index >= 15 is 0 Å². The van der Waals surface area contributed by atoms with Crippen LogP contribution in [0, 0.1) is 0 Å². The minimum atomic E-state index is 0. The van der Waals surface area contributed by atoms with Gasteiger partial charge in [-0.05, 0) is 43.7 Å². The Morgan fingerprint density at radius 1 is 0.923 bits per heavy atom. The molecule has 1 aromatic carbocycles. The zero-order valence-electron chi connectivity index (χ0n) is 14.9. The van der Waals surface area contributed by atoms with E-state index in [4.69, 9.17) is 34.8 Å². The van der Waals surface area contributed by atoms with E-state index in [1.54, 1.807) is 0 Å². The molecule has 0 radical (unpaired) electrons. The van der Waals surface area contributed by atoms with Crippen LogP contribution in [-0.4, -0.2) is 47.8 Å². The molecule has 0 unspecified atom stereocenters. The van der Waals surface area contributed by atoms with Gasteiger partial charge in [0.2, 0.25) is 0 Å². The number of benzene rings is 1. The third kappa shape index (κ3) is 8.06. The van der Waals surface area contributed by atoms with Crippen molar-refractivity contribution in [3.63, 3.8) is 0 Å². The normalized spacial score (nSPS) is 10.9. The average molecular weight is 439 g/mol. The van der Waals surface area contributed by atoms with E-state index in [9.17, 15) is 0 Å². The molecule has 2 aromatic rings. The number of aromatic nitrogens is 1. The largest absolute Gasteiger partial charge is 0.384 e. The zero-order chi connectivity index (χ0) is 17.9. The Morgan fingerprint density at radius 3 is 2.38 bits per heavy atom. The monoisotopic (exact) mass is 437 g/mol. The van der Waals surface area contributed by atoms with Gasteiger partial charge >= 0.3 is 0 Å². The minimum Gasteiger partial charge on any atom is -0.384 e. The lowest BCUT2D eigenvalue weighted by molar-refractivity contribution is 0.299. The van der Waals surface area contributed by atoms with E-state index in [0.29, 0.717) is 11.8 Å². The van der Waals surface area contributed by atoms with Gasteiger partial charge in [-0.3, -0.25) is 4.98 Å². The quantitative estimate of drug-likeness (QED) is 0.322. The first-order valence-electron chi connectivity index (χ1n) is 8.87. The lowest BCUT2D eigenvalue weighted by atomic mass is 10.1. The lowest BCUT2D eigenvalue weighted by Gasteiger charge is -2.19. The molecule has 0 fully saturated rings. The van der Waals surface area contributed by atoms with Gasteiger partial charge in [0.1, 0.15) is 0 Å². The van der Waals surface area contributed by atoms with Crippen LogP contribution in [0.5, 0.6) is 0 Å². The number of nitrogens with zero attached hydrogens (tertiary/aromatic N) is 2. The summed E-state index contributed by atoms with van der Waals surface area (Å²) in [5, 5.41) is 5.35. The van der Waals surface area contributed by atoms with Crippen molar-refractivity contribution in [2.45, 2.75) is 25.7 Å². The first kappa shape index (κ1) is 23.6. The Balaban J connectivity index is 0.00000338. The Bertz CT molecular complexity index is 633. The van der Waals surface area contributed by atoms with Crippen LogP contribution in [0.1, 0.15) is 25.7 Å². The SMILES string of the molecule is Cl.ClCCN(CCCl)CCCCCCNc1ccnc2cc(Cl)ccc12. The Kier molecular flexibility index (Phi) is 12.4. The van der Waals surface area contributed by atoms with Crippen molar-refractivity contribution < 1.29 is 0 Å². The van der Waals surface area contributed by atoms with Gasteiger partial charge in [-0.15, -0.1) is 35.6 Å². The summed E-state index contributed by atoms with van der Waals surface area (Å²) >= 11 is 17.7. The van der Waals surface area contributed by atoms with Crippen LogP contribution in [0.3, 0.4) is 0 Å². The summed E-state index contributed by atoms with van der Waals surface area (Å²) in [6, 6.07) is 7.85. The van der Waals surface area contributed by atoms with Crippen LogP contribution in [0.2, 0.25) is 5.02 Å². The Hall–Kier alpha value is -0.450. The average Bonchev–Trinajstić information content (AvgIpc) is 2.61. The van der Waals surface area contributed by atoms with Crippen LogP contribution >= 0.6 is 47.2 Å². The summed E-state index contributed by atoms with van der Waals surface area (Å²) in [5.74, 6) is 1.35. The topological polar surface area (TPSA) is 28.2 Å². The molecule has 0 atom stereocenters. The predicted molar refractivity (Wildman–Crippen MR) is 119 cm³/mol. The third-order valence-electron chi connectivity index (χ3n) is 4.22. The van der Waals surface area contributed by atoms with E-state index < -0.39 is 0 Å². The summed E-state index contributed by atoms with van der Waals surface area (Å²) in [6.07, 6.45) is 6.63. The molecule has 0 saturated carbocycles. The molecule has 7 heteroatoms. The fourth-order valence-electron chi connectivity index (χ4n) is 2.89. The second kappa shape index (κ2) is 13.7. The molecule has 1 N–H and O–H groups in total. The van der Waals surface area contributed by atoms with Crippen LogP contribution in [-0.2, 0) is 0 Å². The number of halogens is 4. The van der Waals surface area contributed by atoms with E-state index in [1.165, 1.54) is 19.3 Å². The number of anilines is 1. The van der Waals surface area contributed by atoms with Crippen LogP contribution in [0.15, 0.2) is 30.5 Å². The van der Waals surface area contributed by atoms with Crippen molar-refractivity contribution in [3.05, 3.63) is 35.5 Å². The van der Waals surface area contributed by atoms with Gasteiger partial charge in [0.15, 0.2) is 0 Å². The molecule has 0 aliphatic rings. The molecule has 146 valence electrons. The fraction of sp³-hybridized carbons (Fsp3) is 0.526. The molecule has 0 aliphatic carbocycles. The highest BCUT2D eigenvalue weighted by Gasteiger charge is 2.04. The van der Waals surface area contributed by atoms with Crippen molar-refractivity contribution in [2.24, 2.45) is 0 Å². The highest BCUT2D eigenvalue weighted by atomic mass is 35.5. The maximum Gasteiger partial charge on any atom is 0.0737 e. The zero-order valence-corrected chi connectivity index (χ0v) is 18.0. The van der Waals surface area contributed by atoms with E-state index in [2.05, 4.69) is 15.2 Å². The maximum absolute atomic E-state index is 6.03. The number of hydrogen-bond acceptors (Lipinski definition) is 3. The molecule has 26 heavy (non-hydrogen) atoms. The minimum absolute atomic E-state index is 0. The first-order valence-corrected chi connectivity index (χ1v) is 10.3. The Labute approximate surface area is 177 Å². The smallest absolute Gasteiger partial charge is 0.0737 e. The van der Waals surface area contributed by atoms with Crippen molar-refractivity contribution in [1.82, 2.24) is 9.88 Å². The molecule has 0 aliphatic heterocycles. The van der Waals surface area contributed by atoms with Gasteiger partial charge < -0.3 is 10.2 Å². The molecule has 3 nitrogen and oxygen atoms in total. The first-order chi connectivity index (χ1) is 12.2. The fourth-order valence-corrected chi connectivity index (χ4v) is 3.53. The van der Waals surface area contributed by atoms with Gasteiger partial charge in [0.05, 0.1) is 5.52 Å². The van der Waals surface area contributed by atoms with E-state index in [-0.39, 0.29) is 12.4 Å². The molecule has 0 saturated heterocycles. The summed E-state index contributed by atoms with van der Waals surface area (Å²) in [7, 11) is 0. The van der Waals surface area contributed by atoms with E-state index in [0.717, 1.165) is 54.2 Å². The van der Waals surface area contributed by atoms with Crippen LogP contribution < -0.4 is 5.32 Å². The number of alkyl halides is 2. The number of unbranched alkanes of at least 4 members (excludes halogenated alkanes) is 3. The predicted octanol–water partition coefficient (Wildman–Crippen LogP) is 6.06. The van der Waals surface area contributed by atoms with Gasteiger partial charge in [0, 0.05) is 53.7 Å². The Morgan fingerprint density at radius 2 is 1.65 bits per heavy atom. The third-order valence-corrected chi connectivity index (χ3v) is 4.80. The maximum atomic E-state index is 6.03. The molecule has 0 bridgehead atoms. The number of nitrogens with one attached hydrogen (secondary N) is 1. The molecule has 0 spiro atoms. The molecule has 1 heterocycles. The standard InChI is InChI=1S/C19H26Cl3N3.ClH/c20-8-13-25(14-9-21)12-4-2-1-3-10-23-18-7-11-24-19-15-16(22)5-6-17(18)19;/h5-7,11,15H,1-4,8-10,12-14H2,(H,23,24);1H.